The molecular formula is C12H15N3O. The predicted octanol–water partition coefficient (Wildman–Crippen LogP) is 1.76. The van der Waals surface area contributed by atoms with E-state index in [1.54, 1.807) is 0 Å². The topological polar surface area (TPSA) is 63.9 Å². The van der Waals surface area contributed by atoms with Crippen LogP contribution >= 0.6 is 0 Å². The molecule has 0 radical (unpaired) electrons. The van der Waals surface area contributed by atoms with Gasteiger partial charge in [0.05, 0.1) is 0 Å². The molecule has 1 aromatic carbocycles. The Hall–Kier alpha value is -1.81. The average Bonchev–Trinajstić information content (AvgIpc) is 2.73. The molecule has 3 N–H and O–H groups in total. The molecule has 0 saturated carbocycles. The second-order valence-electron chi connectivity index (χ2n) is 3.70. The Bertz CT molecular complexity index is 448. The summed E-state index contributed by atoms with van der Waals surface area (Å²) in [6.45, 7) is 3.03. The van der Waals surface area contributed by atoms with Crippen LogP contribution in [0.15, 0.2) is 30.3 Å². The zero-order valence-corrected chi connectivity index (χ0v) is 9.23. The number of benzene rings is 1. The van der Waals surface area contributed by atoms with Crippen LogP contribution < -0.4 is 10.5 Å². The molecule has 0 amide bonds. The lowest BCUT2D eigenvalue weighted by Gasteiger charge is -2.03. The van der Waals surface area contributed by atoms with Gasteiger partial charge in [-0.15, -0.1) is 5.10 Å². The largest absolute Gasteiger partial charge is 0.472 e. The van der Waals surface area contributed by atoms with Crippen LogP contribution in [0.5, 0.6) is 5.88 Å². The molecule has 2 rings (SSSR count). The molecule has 0 spiro atoms. The van der Waals surface area contributed by atoms with Crippen molar-refractivity contribution < 1.29 is 4.74 Å². The summed E-state index contributed by atoms with van der Waals surface area (Å²) in [5, 5.41) is 6.83. The molecule has 2 aromatic rings. The molecule has 0 bridgehead atoms. The lowest BCUT2D eigenvalue weighted by Crippen LogP contribution is -1.98. The zero-order valence-electron chi connectivity index (χ0n) is 9.23. The average molecular weight is 217 g/mol. The highest BCUT2D eigenvalue weighted by Gasteiger charge is 1.99. The summed E-state index contributed by atoms with van der Waals surface area (Å²) in [5.41, 5.74) is 8.75. The van der Waals surface area contributed by atoms with Crippen LogP contribution in [0.2, 0.25) is 0 Å². The fourth-order valence-corrected chi connectivity index (χ4v) is 1.40. The Labute approximate surface area is 94.4 Å². The zero-order chi connectivity index (χ0) is 11.4. The first-order chi connectivity index (χ1) is 7.78. The first-order valence-electron chi connectivity index (χ1n) is 5.20. The van der Waals surface area contributed by atoms with Crippen molar-refractivity contribution in [2.24, 2.45) is 5.73 Å². The fourth-order valence-electron chi connectivity index (χ4n) is 1.40. The number of ether oxygens (including phenoxy) is 1. The van der Waals surface area contributed by atoms with E-state index in [4.69, 9.17) is 10.5 Å². The number of aryl methyl sites for hydroxylation is 1. The van der Waals surface area contributed by atoms with Crippen molar-refractivity contribution in [1.29, 1.82) is 0 Å². The number of aromatic amines is 1. The maximum absolute atomic E-state index is 5.52. The van der Waals surface area contributed by atoms with Crippen molar-refractivity contribution >= 4 is 0 Å². The first kappa shape index (κ1) is 10.7. The van der Waals surface area contributed by atoms with Gasteiger partial charge in [0, 0.05) is 18.3 Å². The number of aromatic nitrogens is 2. The summed E-state index contributed by atoms with van der Waals surface area (Å²) in [5.74, 6) is 0.625. The van der Waals surface area contributed by atoms with Gasteiger partial charge in [-0.3, -0.25) is 5.10 Å². The first-order valence-corrected chi connectivity index (χ1v) is 5.20. The van der Waals surface area contributed by atoms with E-state index in [0.29, 0.717) is 19.0 Å². The Kier molecular flexibility index (Phi) is 3.22. The molecule has 1 aromatic heterocycles. The minimum absolute atomic E-state index is 0.523. The molecule has 0 unspecified atom stereocenters. The molecule has 4 nitrogen and oxygen atoms in total. The van der Waals surface area contributed by atoms with E-state index in [0.717, 1.165) is 16.8 Å². The van der Waals surface area contributed by atoms with Gasteiger partial charge in [-0.25, -0.2) is 0 Å². The van der Waals surface area contributed by atoms with Crippen LogP contribution in [0.3, 0.4) is 0 Å². The SMILES string of the molecule is Cc1cc(OCc2ccc(CN)cc2)n[nH]1. The number of nitrogens with zero attached hydrogens (tertiary/aromatic N) is 1. The molecular weight excluding hydrogens is 202 g/mol. The van der Waals surface area contributed by atoms with Crippen molar-refractivity contribution in [3.8, 4) is 5.88 Å². The van der Waals surface area contributed by atoms with Crippen molar-refractivity contribution in [2.45, 2.75) is 20.1 Å². The van der Waals surface area contributed by atoms with Crippen LogP contribution in [0.25, 0.3) is 0 Å². The van der Waals surface area contributed by atoms with Crippen molar-refractivity contribution in [3.05, 3.63) is 47.2 Å². The van der Waals surface area contributed by atoms with Crippen LogP contribution in [-0.4, -0.2) is 10.2 Å². The third-order valence-electron chi connectivity index (χ3n) is 2.33. The fraction of sp³-hybridized carbons (Fsp3) is 0.250. The number of hydrogen-bond donors (Lipinski definition) is 2. The van der Waals surface area contributed by atoms with Gasteiger partial charge < -0.3 is 10.5 Å². The van der Waals surface area contributed by atoms with Gasteiger partial charge in [0.25, 0.3) is 0 Å². The maximum Gasteiger partial charge on any atom is 0.233 e. The molecule has 1 heterocycles. The molecule has 0 aliphatic rings. The summed E-state index contributed by atoms with van der Waals surface area (Å²) in [6, 6.07) is 9.92. The van der Waals surface area contributed by atoms with Gasteiger partial charge >= 0.3 is 0 Å². The minimum Gasteiger partial charge on any atom is -0.472 e. The number of rotatable bonds is 4. The van der Waals surface area contributed by atoms with Gasteiger partial charge in [-0.1, -0.05) is 24.3 Å². The molecule has 0 fully saturated rings. The Morgan fingerprint density at radius 1 is 1.25 bits per heavy atom. The highest BCUT2D eigenvalue weighted by Crippen LogP contribution is 2.10. The molecule has 0 saturated heterocycles. The third kappa shape index (κ3) is 2.61. The van der Waals surface area contributed by atoms with Gasteiger partial charge in [0.2, 0.25) is 5.88 Å². The van der Waals surface area contributed by atoms with E-state index in [1.165, 1.54) is 0 Å². The molecule has 0 aliphatic carbocycles. The Morgan fingerprint density at radius 2 is 1.94 bits per heavy atom. The highest BCUT2D eigenvalue weighted by molar-refractivity contribution is 5.22. The number of nitrogens with two attached hydrogens (primary N) is 1. The number of hydrogen-bond acceptors (Lipinski definition) is 3. The lowest BCUT2D eigenvalue weighted by molar-refractivity contribution is 0.293. The van der Waals surface area contributed by atoms with Gasteiger partial charge in [0.15, 0.2) is 0 Å². The van der Waals surface area contributed by atoms with E-state index < -0.39 is 0 Å². The molecule has 4 heteroatoms. The Balaban J connectivity index is 1.94. The van der Waals surface area contributed by atoms with E-state index in [9.17, 15) is 0 Å². The molecule has 0 atom stereocenters. The van der Waals surface area contributed by atoms with Gasteiger partial charge in [-0.2, -0.15) is 0 Å². The van der Waals surface area contributed by atoms with E-state index in [1.807, 2.05) is 37.3 Å². The highest BCUT2D eigenvalue weighted by atomic mass is 16.5. The van der Waals surface area contributed by atoms with Crippen LogP contribution in [0, 0.1) is 6.92 Å². The van der Waals surface area contributed by atoms with Gasteiger partial charge in [0.1, 0.15) is 6.61 Å². The molecule has 16 heavy (non-hydrogen) atoms. The quantitative estimate of drug-likeness (QED) is 0.820. The summed E-state index contributed by atoms with van der Waals surface area (Å²) in [4.78, 5) is 0. The predicted molar refractivity (Wildman–Crippen MR) is 62.0 cm³/mol. The monoisotopic (exact) mass is 217 g/mol. The van der Waals surface area contributed by atoms with Gasteiger partial charge in [-0.05, 0) is 18.1 Å². The summed E-state index contributed by atoms with van der Waals surface area (Å²) >= 11 is 0. The molecule has 0 aliphatic heterocycles. The normalized spacial score (nSPS) is 10.4. The summed E-state index contributed by atoms with van der Waals surface area (Å²) in [7, 11) is 0. The van der Waals surface area contributed by atoms with E-state index in [2.05, 4.69) is 10.2 Å². The summed E-state index contributed by atoms with van der Waals surface area (Å²) in [6.07, 6.45) is 0. The number of H-pyrrole nitrogens is 1. The van der Waals surface area contributed by atoms with Crippen LogP contribution in [0.1, 0.15) is 16.8 Å². The van der Waals surface area contributed by atoms with Crippen molar-refractivity contribution in [1.82, 2.24) is 10.2 Å². The van der Waals surface area contributed by atoms with E-state index in [-0.39, 0.29) is 0 Å². The third-order valence-corrected chi connectivity index (χ3v) is 2.33. The van der Waals surface area contributed by atoms with E-state index >= 15 is 0 Å². The standard InChI is InChI=1S/C12H15N3O/c1-9-6-12(15-14-9)16-8-11-4-2-10(7-13)3-5-11/h2-6H,7-8,13H2,1H3,(H,14,15). The maximum atomic E-state index is 5.52. The smallest absolute Gasteiger partial charge is 0.233 e. The molecule has 84 valence electrons. The van der Waals surface area contributed by atoms with Crippen molar-refractivity contribution in [2.75, 3.05) is 0 Å². The minimum atomic E-state index is 0.523. The summed E-state index contributed by atoms with van der Waals surface area (Å²) < 4.78 is 5.51. The lowest BCUT2D eigenvalue weighted by atomic mass is 10.1. The van der Waals surface area contributed by atoms with Crippen LogP contribution in [0.4, 0.5) is 0 Å². The van der Waals surface area contributed by atoms with Crippen LogP contribution in [-0.2, 0) is 13.2 Å². The number of nitrogens with one attached hydrogen (secondary N) is 1. The van der Waals surface area contributed by atoms with Crippen molar-refractivity contribution in [3.63, 3.8) is 0 Å². The Morgan fingerprint density at radius 3 is 2.50 bits per heavy atom. The second kappa shape index (κ2) is 4.81. The second-order valence-corrected chi connectivity index (χ2v) is 3.70.